The Morgan fingerprint density at radius 1 is 1.15 bits per heavy atom. The van der Waals surface area contributed by atoms with Gasteiger partial charge in [-0.3, -0.25) is 9.88 Å². The fraction of sp³-hybridized carbons (Fsp3) is 0.370. The summed E-state index contributed by atoms with van der Waals surface area (Å²) >= 11 is 0. The number of hydrogen-bond acceptors (Lipinski definition) is 6. The van der Waals surface area contributed by atoms with Gasteiger partial charge in [0.15, 0.2) is 11.5 Å². The summed E-state index contributed by atoms with van der Waals surface area (Å²) in [6.07, 6.45) is 7.94. The number of pyridine rings is 1. The SMILES string of the molecule is COc1ccc2nccc([C@@H](O)[C@H]3C[C@H]4CCN3C[C@@H]4/C=C/c3ccc4c(c3)OCO4)c2c1. The standard InChI is InChI=1S/C27H28N2O4/c1-31-20-5-6-23-22(14-20)21(8-10-28-23)27(30)24-13-18-9-11-29(24)15-19(18)4-2-17-3-7-25-26(12-17)33-16-32-25/h2-8,10,12,14,18-19,24,27,30H,9,11,13,15-16H2,1H3/b4-2+/t18-,19+,24-,27-/m1/s1. The first kappa shape index (κ1) is 20.5. The van der Waals surface area contributed by atoms with Gasteiger partial charge < -0.3 is 19.3 Å². The molecule has 33 heavy (non-hydrogen) atoms. The number of ether oxygens (including phenoxy) is 3. The van der Waals surface area contributed by atoms with Crippen LogP contribution in [0.15, 0.2) is 54.7 Å². The molecule has 1 N–H and O–H groups in total. The van der Waals surface area contributed by atoms with Gasteiger partial charge in [-0.15, -0.1) is 0 Å². The molecule has 3 aromatic rings. The van der Waals surface area contributed by atoms with Crippen LogP contribution >= 0.6 is 0 Å². The van der Waals surface area contributed by atoms with E-state index in [0.29, 0.717) is 18.6 Å². The number of fused-ring (bicyclic) bond motifs is 5. The van der Waals surface area contributed by atoms with E-state index in [4.69, 9.17) is 14.2 Å². The van der Waals surface area contributed by atoms with Crippen molar-refractivity contribution < 1.29 is 19.3 Å². The highest BCUT2D eigenvalue weighted by Crippen LogP contribution is 2.43. The zero-order valence-electron chi connectivity index (χ0n) is 18.7. The van der Waals surface area contributed by atoms with Gasteiger partial charge in [-0.2, -0.15) is 0 Å². The van der Waals surface area contributed by atoms with Crippen LogP contribution in [0.25, 0.3) is 17.0 Å². The number of hydrogen-bond donors (Lipinski definition) is 1. The number of aliphatic hydroxyl groups is 1. The molecule has 1 aromatic heterocycles. The molecule has 5 heterocycles. The fourth-order valence-electron chi connectivity index (χ4n) is 5.65. The average molecular weight is 445 g/mol. The second-order valence-electron chi connectivity index (χ2n) is 9.21. The Hall–Kier alpha value is -3.09. The van der Waals surface area contributed by atoms with E-state index in [2.05, 4.69) is 28.1 Å². The van der Waals surface area contributed by atoms with Crippen molar-refractivity contribution in [3.05, 3.63) is 65.9 Å². The summed E-state index contributed by atoms with van der Waals surface area (Å²) in [6, 6.07) is 14.0. The summed E-state index contributed by atoms with van der Waals surface area (Å²) in [5.41, 5.74) is 2.95. The van der Waals surface area contributed by atoms with E-state index in [-0.39, 0.29) is 6.04 Å². The van der Waals surface area contributed by atoms with Gasteiger partial charge in [0.05, 0.1) is 18.7 Å². The topological polar surface area (TPSA) is 64.1 Å². The number of benzene rings is 2. The molecule has 1 unspecified atom stereocenters. The molecule has 5 atom stereocenters. The van der Waals surface area contributed by atoms with Crippen molar-refractivity contribution in [3.8, 4) is 17.2 Å². The van der Waals surface area contributed by atoms with Crippen molar-refractivity contribution in [1.29, 1.82) is 0 Å². The van der Waals surface area contributed by atoms with Crippen molar-refractivity contribution >= 4 is 17.0 Å². The molecule has 0 spiro atoms. The lowest BCUT2D eigenvalue weighted by molar-refractivity contribution is -0.0444. The number of aromatic nitrogens is 1. The molecule has 2 bridgehead atoms. The molecule has 4 aliphatic heterocycles. The molecule has 6 heteroatoms. The molecule has 0 radical (unpaired) electrons. The minimum atomic E-state index is -0.552. The van der Waals surface area contributed by atoms with Crippen LogP contribution in [0.1, 0.15) is 30.1 Å². The lowest BCUT2D eigenvalue weighted by atomic mass is 9.73. The van der Waals surface area contributed by atoms with Crippen LogP contribution in [-0.4, -0.2) is 48.0 Å². The van der Waals surface area contributed by atoms with Crippen LogP contribution in [0.2, 0.25) is 0 Å². The molecule has 7 rings (SSSR count). The number of rotatable bonds is 5. The van der Waals surface area contributed by atoms with E-state index in [1.807, 2.05) is 36.4 Å². The van der Waals surface area contributed by atoms with Gasteiger partial charge in [-0.1, -0.05) is 18.2 Å². The van der Waals surface area contributed by atoms with Crippen LogP contribution in [0.5, 0.6) is 17.2 Å². The van der Waals surface area contributed by atoms with Crippen LogP contribution < -0.4 is 14.2 Å². The fourth-order valence-corrected chi connectivity index (χ4v) is 5.65. The first-order chi connectivity index (χ1) is 16.2. The first-order valence-corrected chi connectivity index (χ1v) is 11.6. The second-order valence-corrected chi connectivity index (χ2v) is 9.21. The highest BCUT2D eigenvalue weighted by atomic mass is 16.7. The zero-order valence-corrected chi connectivity index (χ0v) is 18.7. The van der Waals surface area contributed by atoms with Crippen LogP contribution in [0.3, 0.4) is 0 Å². The number of methoxy groups -OCH3 is 1. The summed E-state index contributed by atoms with van der Waals surface area (Å²) < 4.78 is 16.3. The van der Waals surface area contributed by atoms with E-state index in [1.54, 1.807) is 13.3 Å². The molecule has 170 valence electrons. The Morgan fingerprint density at radius 3 is 2.91 bits per heavy atom. The van der Waals surface area contributed by atoms with E-state index in [9.17, 15) is 5.11 Å². The molecule has 3 fully saturated rings. The van der Waals surface area contributed by atoms with E-state index in [1.165, 1.54) is 6.42 Å². The van der Waals surface area contributed by atoms with Gasteiger partial charge in [-0.05, 0) is 78.7 Å². The molecule has 6 nitrogen and oxygen atoms in total. The molecular formula is C27H28N2O4. The van der Waals surface area contributed by atoms with Crippen molar-refractivity contribution in [2.75, 3.05) is 27.0 Å². The lowest BCUT2D eigenvalue weighted by Gasteiger charge is -2.50. The van der Waals surface area contributed by atoms with Crippen LogP contribution in [-0.2, 0) is 0 Å². The first-order valence-electron chi connectivity index (χ1n) is 11.6. The molecule has 0 aliphatic carbocycles. The lowest BCUT2D eigenvalue weighted by Crippen LogP contribution is -2.54. The van der Waals surface area contributed by atoms with Crippen molar-refractivity contribution in [1.82, 2.24) is 9.88 Å². The largest absolute Gasteiger partial charge is 0.497 e. The third kappa shape index (κ3) is 3.73. The zero-order chi connectivity index (χ0) is 22.4. The maximum absolute atomic E-state index is 11.5. The predicted molar refractivity (Wildman–Crippen MR) is 126 cm³/mol. The number of nitrogens with zero attached hydrogens (tertiary/aromatic N) is 2. The molecule has 4 aliphatic rings. The highest BCUT2D eigenvalue weighted by Gasteiger charge is 2.42. The average Bonchev–Trinajstić information content (AvgIpc) is 3.34. The minimum absolute atomic E-state index is 0.121. The summed E-state index contributed by atoms with van der Waals surface area (Å²) in [5, 5.41) is 12.4. The Balaban J connectivity index is 1.20. The number of piperidine rings is 3. The van der Waals surface area contributed by atoms with Crippen molar-refractivity contribution in [2.45, 2.75) is 25.0 Å². The van der Waals surface area contributed by atoms with Crippen molar-refractivity contribution in [3.63, 3.8) is 0 Å². The van der Waals surface area contributed by atoms with Gasteiger partial charge in [0.2, 0.25) is 6.79 Å². The minimum Gasteiger partial charge on any atom is -0.497 e. The number of aliphatic hydroxyl groups excluding tert-OH is 1. The van der Waals surface area contributed by atoms with Gasteiger partial charge >= 0.3 is 0 Å². The second kappa shape index (κ2) is 8.36. The van der Waals surface area contributed by atoms with Gasteiger partial charge in [0.1, 0.15) is 5.75 Å². The normalized spacial score (nSPS) is 26.7. The van der Waals surface area contributed by atoms with Gasteiger partial charge in [0, 0.05) is 24.2 Å². The van der Waals surface area contributed by atoms with Gasteiger partial charge in [0.25, 0.3) is 0 Å². The summed E-state index contributed by atoms with van der Waals surface area (Å²) in [5.74, 6) is 3.47. The van der Waals surface area contributed by atoms with Gasteiger partial charge in [-0.25, -0.2) is 0 Å². The van der Waals surface area contributed by atoms with Crippen LogP contribution in [0.4, 0.5) is 0 Å². The third-order valence-electron chi connectivity index (χ3n) is 7.45. The monoisotopic (exact) mass is 444 g/mol. The molecule has 3 saturated heterocycles. The molecule has 0 saturated carbocycles. The maximum Gasteiger partial charge on any atom is 0.231 e. The Morgan fingerprint density at radius 2 is 2.06 bits per heavy atom. The maximum atomic E-state index is 11.5. The molecule has 2 aromatic carbocycles. The highest BCUT2D eigenvalue weighted by molar-refractivity contribution is 5.84. The summed E-state index contributed by atoms with van der Waals surface area (Å²) in [7, 11) is 1.66. The Labute approximate surface area is 193 Å². The molecule has 0 amide bonds. The molecular weight excluding hydrogens is 416 g/mol. The third-order valence-corrected chi connectivity index (χ3v) is 7.45. The Kier molecular flexibility index (Phi) is 5.19. The summed E-state index contributed by atoms with van der Waals surface area (Å²) in [6.45, 7) is 2.30. The van der Waals surface area contributed by atoms with Crippen LogP contribution in [0, 0.1) is 11.8 Å². The van der Waals surface area contributed by atoms with Crippen molar-refractivity contribution in [2.24, 2.45) is 11.8 Å². The van der Waals surface area contributed by atoms with E-state index >= 15 is 0 Å². The van der Waals surface area contributed by atoms with E-state index in [0.717, 1.165) is 58.8 Å². The Bertz CT molecular complexity index is 1210. The quantitative estimate of drug-likeness (QED) is 0.628. The predicted octanol–water partition coefficient (Wildman–Crippen LogP) is 4.43. The van der Waals surface area contributed by atoms with E-state index < -0.39 is 6.10 Å². The summed E-state index contributed by atoms with van der Waals surface area (Å²) in [4.78, 5) is 6.94. The smallest absolute Gasteiger partial charge is 0.231 e.